The van der Waals surface area contributed by atoms with E-state index < -0.39 is 23.5 Å². The van der Waals surface area contributed by atoms with Gasteiger partial charge in [0, 0.05) is 23.5 Å². The van der Waals surface area contributed by atoms with Crippen molar-refractivity contribution < 1.29 is 23.8 Å². The third-order valence-corrected chi connectivity index (χ3v) is 6.00. The Labute approximate surface area is 240 Å². The normalized spacial score (nSPS) is 11.5. The molecule has 0 aliphatic carbocycles. The van der Waals surface area contributed by atoms with Gasteiger partial charge in [0.1, 0.15) is 24.9 Å². The highest BCUT2D eigenvalue weighted by molar-refractivity contribution is 6.04. The van der Waals surface area contributed by atoms with E-state index in [0.29, 0.717) is 16.7 Å². The number of hydrogen-bond acceptors (Lipinski definition) is 9. The number of alkyl carbamates (subject to hydrolysis) is 1. The van der Waals surface area contributed by atoms with Crippen molar-refractivity contribution in [1.29, 1.82) is 5.41 Å². The number of ether oxygens (including phenoxy) is 2. The van der Waals surface area contributed by atoms with E-state index in [-0.39, 0.29) is 55.2 Å². The summed E-state index contributed by atoms with van der Waals surface area (Å²) in [7, 11) is 0. The van der Waals surface area contributed by atoms with Gasteiger partial charge in [-0.2, -0.15) is 0 Å². The van der Waals surface area contributed by atoms with Gasteiger partial charge >= 0.3 is 11.8 Å². The van der Waals surface area contributed by atoms with E-state index >= 15 is 4.39 Å². The van der Waals surface area contributed by atoms with Crippen molar-refractivity contribution in [2.24, 2.45) is 0 Å². The number of aromatic amines is 1. The van der Waals surface area contributed by atoms with Crippen LogP contribution in [0.25, 0.3) is 5.95 Å². The lowest BCUT2D eigenvalue weighted by Crippen LogP contribution is -2.31. The zero-order chi connectivity index (χ0) is 30.2. The molecule has 2 aromatic heterocycles. The minimum atomic E-state index is -0.778. The first-order valence-corrected chi connectivity index (χ1v) is 12.9. The second-order valence-electron chi connectivity index (χ2n) is 9.50. The Kier molecular flexibility index (Phi) is 9.55. The van der Waals surface area contributed by atoms with Crippen molar-refractivity contribution in [3.63, 3.8) is 0 Å². The number of aromatic nitrogens is 5. The fourth-order valence-electron chi connectivity index (χ4n) is 4.11. The van der Waals surface area contributed by atoms with Gasteiger partial charge in [-0.25, -0.2) is 23.9 Å². The molecular formula is C29H30FN7O5. The summed E-state index contributed by atoms with van der Waals surface area (Å²) in [5.41, 5.74) is 2.13. The number of benzene rings is 2. The molecule has 4 rings (SSSR count). The zero-order valence-corrected chi connectivity index (χ0v) is 23.1. The van der Waals surface area contributed by atoms with Crippen LogP contribution in [0, 0.1) is 18.2 Å². The van der Waals surface area contributed by atoms with Crippen molar-refractivity contribution in [3.05, 3.63) is 111 Å². The highest BCUT2D eigenvalue weighted by atomic mass is 19.1. The Balaban J connectivity index is 1.67. The summed E-state index contributed by atoms with van der Waals surface area (Å²) in [5.74, 6) is -1.40. The average Bonchev–Trinajstić information content (AvgIpc) is 3.37. The van der Waals surface area contributed by atoms with Crippen LogP contribution >= 0.6 is 0 Å². The van der Waals surface area contributed by atoms with Gasteiger partial charge in [0.2, 0.25) is 0 Å². The number of amidine groups is 1. The number of carbonyl (C=O) groups excluding carboxylic acids is 1. The van der Waals surface area contributed by atoms with Crippen molar-refractivity contribution in [1.82, 2.24) is 30.0 Å². The molecule has 13 heteroatoms. The number of hydrogen-bond donors (Lipinski definition) is 4. The van der Waals surface area contributed by atoms with Crippen LogP contribution in [0.15, 0.2) is 71.8 Å². The molecule has 0 spiro atoms. The Bertz CT molecular complexity index is 1630. The molecule has 0 aliphatic rings. The maximum atomic E-state index is 15.8. The van der Waals surface area contributed by atoms with E-state index in [1.165, 1.54) is 18.5 Å². The van der Waals surface area contributed by atoms with E-state index in [1.807, 2.05) is 0 Å². The Hall–Kier alpha value is -5.17. The summed E-state index contributed by atoms with van der Waals surface area (Å²) in [6.45, 7) is 6.81. The first-order valence-electron chi connectivity index (χ1n) is 12.9. The number of nitrogens with zero attached hydrogens (tertiary/aromatic N) is 4. The van der Waals surface area contributed by atoms with Crippen LogP contribution in [0.5, 0.6) is 5.75 Å². The first kappa shape index (κ1) is 29.8. The Morgan fingerprint density at radius 2 is 1.95 bits per heavy atom. The van der Waals surface area contributed by atoms with E-state index in [0.717, 1.165) is 10.2 Å². The van der Waals surface area contributed by atoms with Gasteiger partial charge in [-0.1, -0.05) is 36.9 Å². The second kappa shape index (κ2) is 13.5. The molecule has 0 radical (unpaired) electrons. The van der Waals surface area contributed by atoms with Crippen LogP contribution in [0.3, 0.4) is 0 Å². The van der Waals surface area contributed by atoms with Gasteiger partial charge in [-0.15, -0.1) is 9.78 Å². The molecule has 12 nitrogen and oxygen atoms in total. The fraction of sp³-hybridized carbons (Fsp3) is 0.241. The lowest BCUT2D eigenvalue weighted by atomic mass is 9.89. The lowest BCUT2D eigenvalue weighted by molar-refractivity contribution is 0.161. The van der Waals surface area contributed by atoms with Crippen molar-refractivity contribution in [2.45, 2.75) is 26.2 Å². The number of rotatable bonds is 11. The van der Waals surface area contributed by atoms with Gasteiger partial charge in [0.15, 0.2) is 11.6 Å². The molecule has 0 bridgehead atoms. The molecule has 1 amide bonds. The summed E-state index contributed by atoms with van der Waals surface area (Å²) < 4.78 is 27.2. The van der Waals surface area contributed by atoms with Gasteiger partial charge in [-0.3, -0.25) is 15.7 Å². The molecule has 0 saturated heterocycles. The smallest absolute Gasteiger partial charge is 0.413 e. The van der Waals surface area contributed by atoms with Crippen molar-refractivity contribution in [3.8, 4) is 11.7 Å². The van der Waals surface area contributed by atoms with E-state index in [4.69, 9.17) is 14.9 Å². The van der Waals surface area contributed by atoms with Gasteiger partial charge in [0.05, 0.1) is 12.5 Å². The maximum absolute atomic E-state index is 15.8. The quantitative estimate of drug-likeness (QED) is 0.120. The first-order chi connectivity index (χ1) is 20.2. The minimum Gasteiger partial charge on any atom is -0.488 e. The van der Waals surface area contributed by atoms with Crippen LogP contribution in [-0.4, -0.2) is 61.6 Å². The van der Waals surface area contributed by atoms with Crippen molar-refractivity contribution in [2.75, 3.05) is 19.8 Å². The average molecular weight is 576 g/mol. The number of aliphatic hydroxyl groups is 1. The number of aliphatic hydroxyl groups excluding tert-OH is 1. The standard InChI is InChI=1S/C29H30FN7O5/c1-17(2)16-42-29(40)34-25(31)20-7-5-19(6-8-20)15-22(21-13-18(3)14-23(24(21)30)41-12-11-38)26-35-28(39)37(36-26)27-32-9-4-10-33-27/h4-10,13-14,22,38H,1,11-12,15-16H2,2-3H3,(H2,31,34,40)(H,35,36,39)/t22-/m1/s1. The lowest BCUT2D eigenvalue weighted by Gasteiger charge is -2.19. The highest BCUT2D eigenvalue weighted by Gasteiger charge is 2.26. The summed E-state index contributed by atoms with van der Waals surface area (Å²) in [6, 6.07) is 11.5. The number of H-pyrrole nitrogens is 1. The number of amides is 1. The Morgan fingerprint density at radius 1 is 1.24 bits per heavy atom. The number of halogens is 1. The molecule has 42 heavy (non-hydrogen) atoms. The van der Waals surface area contributed by atoms with Crippen LogP contribution in [0.1, 0.15) is 40.9 Å². The number of nitrogens with one attached hydrogen (secondary N) is 3. The Morgan fingerprint density at radius 3 is 2.62 bits per heavy atom. The molecule has 0 aliphatic heterocycles. The number of aryl methyl sites for hydroxylation is 1. The number of carbonyl (C=O) groups is 1. The largest absolute Gasteiger partial charge is 0.488 e. The summed E-state index contributed by atoms with van der Waals surface area (Å²) in [5, 5.41) is 24.1. The van der Waals surface area contributed by atoms with E-state index in [1.54, 1.807) is 50.2 Å². The molecule has 4 N–H and O–H groups in total. The second-order valence-corrected chi connectivity index (χ2v) is 9.50. The third-order valence-electron chi connectivity index (χ3n) is 6.00. The van der Waals surface area contributed by atoms with E-state index in [2.05, 4.69) is 31.9 Å². The van der Waals surface area contributed by atoms with Crippen molar-refractivity contribution >= 4 is 11.9 Å². The predicted molar refractivity (Wildman–Crippen MR) is 152 cm³/mol. The summed E-state index contributed by atoms with van der Waals surface area (Å²) in [6.07, 6.45) is 2.37. The fourth-order valence-corrected chi connectivity index (χ4v) is 4.11. The van der Waals surface area contributed by atoms with Gasteiger partial charge in [-0.05, 0) is 49.1 Å². The molecule has 218 valence electrons. The monoisotopic (exact) mass is 575 g/mol. The molecule has 1 atom stereocenters. The van der Waals surface area contributed by atoms with Gasteiger partial charge < -0.3 is 14.6 Å². The maximum Gasteiger partial charge on any atom is 0.413 e. The molecule has 2 aromatic carbocycles. The summed E-state index contributed by atoms with van der Waals surface area (Å²) in [4.78, 5) is 35.6. The van der Waals surface area contributed by atoms with Crippen LogP contribution in [-0.2, 0) is 11.2 Å². The topological polar surface area (TPSA) is 168 Å². The van der Waals surface area contributed by atoms with Gasteiger partial charge in [0.25, 0.3) is 5.95 Å². The van der Waals surface area contributed by atoms with E-state index in [9.17, 15) is 14.7 Å². The molecule has 4 aromatic rings. The third kappa shape index (κ3) is 7.31. The van der Waals surface area contributed by atoms with Crippen LogP contribution in [0.2, 0.25) is 0 Å². The molecular weight excluding hydrogens is 545 g/mol. The summed E-state index contributed by atoms with van der Waals surface area (Å²) >= 11 is 0. The SMILES string of the molecule is C=C(C)COC(=O)NC(=N)c1ccc(C[C@@H](c2nn(-c3ncccn3)c(=O)[nH]2)c2cc(C)cc(OCCO)c2F)cc1. The minimum absolute atomic E-state index is 0.0365. The zero-order valence-electron chi connectivity index (χ0n) is 23.1. The molecule has 0 unspecified atom stereocenters. The van der Waals surface area contributed by atoms with Crippen LogP contribution < -0.4 is 15.7 Å². The molecule has 2 heterocycles. The predicted octanol–water partition coefficient (Wildman–Crippen LogP) is 3.17. The molecule has 0 saturated carbocycles. The highest BCUT2D eigenvalue weighted by Crippen LogP contribution is 2.33. The van der Waals surface area contributed by atoms with Crippen LogP contribution in [0.4, 0.5) is 9.18 Å². The molecule has 0 fully saturated rings.